The fourth-order valence-corrected chi connectivity index (χ4v) is 6.24. The normalized spacial score (nSPS) is 33.3. The summed E-state index contributed by atoms with van der Waals surface area (Å²) >= 11 is 0. The highest BCUT2D eigenvalue weighted by molar-refractivity contribution is 5.98. The number of nitrogens with zero attached hydrogens (tertiary/aromatic N) is 2. The number of ether oxygens (including phenoxy) is 1. The molecule has 2 N–H and O–H groups in total. The highest BCUT2D eigenvalue weighted by Gasteiger charge is 2.79. The largest absolute Gasteiger partial charge is 0.481 e. The summed E-state index contributed by atoms with van der Waals surface area (Å²) in [5, 5.41) is 20.4. The molecule has 33 heavy (non-hydrogen) atoms. The third-order valence-electron chi connectivity index (χ3n) is 7.64. The summed E-state index contributed by atoms with van der Waals surface area (Å²) in [6.07, 6.45) is 2.48. The molecule has 2 unspecified atom stereocenters. The van der Waals surface area contributed by atoms with Gasteiger partial charge in [-0.05, 0) is 39.2 Å². The lowest BCUT2D eigenvalue weighted by molar-refractivity contribution is -0.159. The van der Waals surface area contributed by atoms with Crippen LogP contribution in [-0.4, -0.2) is 74.2 Å². The molecule has 3 saturated heterocycles. The summed E-state index contributed by atoms with van der Waals surface area (Å²) in [6.45, 7) is 9.13. The Hall–Kier alpha value is -2.71. The Kier molecular flexibility index (Phi) is 5.87. The number of aliphatic carboxylic acids is 1. The maximum absolute atomic E-state index is 14.1. The average molecular weight is 457 g/mol. The maximum Gasteiger partial charge on any atom is 0.310 e. The summed E-state index contributed by atoms with van der Waals surface area (Å²) in [5.41, 5.74) is -1.59. The number of rotatable bonds is 8. The molecular formula is C25H32N2O6. The fourth-order valence-electron chi connectivity index (χ4n) is 6.24. The molecule has 8 heteroatoms. The van der Waals surface area contributed by atoms with E-state index in [1.54, 1.807) is 42.2 Å². The van der Waals surface area contributed by atoms with Crippen LogP contribution >= 0.6 is 0 Å². The number of carbonyl (C=O) groups excluding carboxylic acids is 2. The van der Waals surface area contributed by atoms with Crippen molar-refractivity contribution in [1.82, 2.24) is 9.80 Å². The smallest absolute Gasteiger partial charge is 0.310 e. The molecule has 0 aromatic heterocycles. The van der Waals surface area contributed by atoms with Gasteiger partial charge >= 0.3 is 5.97 Å². The number of carboxylic acids is 1. The van der Waals surface area contributed by atoms with E-state index in [1.165, 1.54) is 4.90 Å². The van der Waals surface area contributed by atoms with Gasteiger partial charge in [-0.1, -0.05) is 36.4 Å². The fraction of sp³-hybridized carbons (Fsp3) is 0.560. The topological polar surface area (TPSA) is 107 Å². The Bertz CT molecular complexity index is 965. The quantitative estimate of drug-likeness (QED) is 0.580. The Morgan fingerprint density at radius 1 is 1.30 bits per heavy atom. The van der Waals surface area contributed by atoms with Gasteiger partial charge in [-0.2, -0.15) is 0 Å². The second-order valence-electron chi connectivity index (χ2n) is 9.79. The van der Waals surface area contributed by atoms with E-state index >= 15 is 0 Å². The van der Waals surface area contributed by atoms with Gasteiger partial charge in [0.15, 0.2) is 0 Å². The van der Waals surface area contributed by atoms with E-state index in [9.17, 15) is 24.6 Å². The molecule has 3 aliphatic heterocycles. The number of fused-ring (bicyclic) bond motifs is 1. The zero-order valence-corrected chi connectivity index (χ0v) is 19.3. The first-order chi connectivity index (χ1) is 15.6. The Morgan fingerprint density at radius 3 is 2.52 bits per heavy atom. The second kappa shape index (κ2) is 8.25. The van der Waals surface area contributed by atoms with Gasteiger partial charge < -0.3 is 24.7 Å². The summed E-state index contributed by atoms with van der Waals surface area (Å²) in [7, 11) is 0. The van der Waals surface area contributed by atoms with Crippen molar-refractivity contribution < 1.29 is 29.3 Å². The van der Waals surface area contributed by atoms with Crippen LogP contribution in [0.5, 0.6) is 0 Å². The first-order valence-electron chi connectivity index (χ1n) is 11.4. The zero-order chi connectivity index (χ0) is 24.1. The lowest BCUT2D eigenvalue weighted by Gasteiger charge is -2.40. The van der Waals surface area contributed by atoms with Crippen LogP contribution in [0.1, 0.15) is 45.2 Å². The predicted octanol–water partition coefficient (Wildman–Crippen LogP) is 1.99. The number of carboxylic acid groups (broad SMARTS) is 1. The molecule has 3 fully saturated rings. The van der Waals surface area contributed by atoms with Gasteiger partial charge in [0.05, 0.1) is 30.1 Å². The van der Waals surface area contributed by atoms with Crippen LogP contribution in [0, 0.1) is 11.8 Å². The van der Waals surface area contributed by atoms with Crippen molar-refractivity contribution in [3.8, 4) is 0 Å². The van der Waals surface area contributed by atoms with Gasteiger partial charge in [0.25, 0.3) is 0 Å². The van der Waals surface area contributed by atoms with Gasteiger partial charge in [-0.3, -0.25) is 14.4 Å². The van der Waals surface area contributed by atoms with E-state index in [1.807, 2.05) is 19.9 Å². The number of likely N-dealkylation sites (tertiary alicyclic amines) is 1. The summed E-state index contributed by atoms with van der Waals surface area (Å²) < 4.78 is 6.42. The molecular weight excluding hydrogens is 424 g/mol. The van der Waals surface area contributed by atoms with Crippen LogP contribution < -0.4 is 0 Å². The average Bonchev–Trinajstić information content (AvgIpc) is 3.34. The molecule has 0 saturated carbocycles. The number of aliphatic hydroxyl groups is 1. The molecule has 0 radical (unpaired) electrons. The SMILES string of the molecule is C=CCN(C(=O)C1N([C@H](CO)c2ccccc2)C(=O)[C@@H]2[C@@H](C(=O)O)[C@@]3(C)CCC12O3)C(C)C. The molecule has 3 heterocycles. The number of hydrogen-bond acceptors (Lipinski definition) is 5. The van der Waals surface area contributed by atoms with Crippen molar-refractivity contribution in [2.24, 2.45) is 11.8 Å². The third-order valence-corrected chi connectivity index (χ3v) is 7.64. The van der Waals surface area contributed by atoms with Crippen molar-refractivity contribution in [1.29, 1.82) is 0 Å². The van der Waals surface area contributed by atoms with Crippen molar-refractivity contribution in [2.45, 2.75) is 62.9 Å². The molecule has 2 amide bonds. The molecule has 178 valence electrons. The second-order valence-corrected chi connectivity index (χ2v) is 9.79. The van der Waals surface area contributed by atoms with E-state index in [2.05, 4.69) is 6.58 Å². The molecule has 0 aliphatic carbocycles. The van der Waals surface area contributed by atoms with Crippen LogP contribution in [0.3, 0.4) is 0 Å². The van der Waals surface area contributed by atoms with E-state index < -0.39 is 53.6 Å². The predicted molar refractivity (Wildman–Crippen MR) is 120 cm³/mol. The van der Waals surface area contributed by atoms with E-state index in [0.717, 1.165) is 0 Å². The standard InChI is InChI=1S/C25H32N2O6/c1-5-13-26(15(2)3)22(30)20-25-12-11-24(4,33-25)19(23(31)32)18(25)21(29)27(20)17(14-28)16-9-7-6-8-10-16/h5-10,15,17-20,28H,1,11-14H2,2-4H3,(H,31,32)/t17-,18+,19+,20?,24-,25?/m1/s1. The minimum absolute atomic E-state index is 0.170. The number of amides is 2. The first kappa shape index (κ1) is 23.4. The highest BCUT2D eigenvalue weighted by atomic mass is 16.5. The Balaban J connectivity index is 1.88. The van der Waals surface area contributed by atoms with Crippen LogP contribution in [0.25, 0.3) is 0 Å². The van der Waals surface area contributed by atoms with Crippen molar-refractivity contribution in [3.05, 3.63) is 48.6 Å². The number of benzene rings is 1. The Labute approximate surface area is 193 Å². The van der Waals surface area contributed by atoms with Gasteiger partial charge in [0, 0.05) is 12.6 Å². The first-order valence-corrected chi connectivity index (χ1v) is 11.4. The molecule has 1 aromatic rings. The zero-order valence-electron chi connectivity index (χ0n) is 19.3. The summed E-state index contributed by atoms with van der Waals surface area (Å²) in [4.78, 5) is 43.4. The van der Waals surface area contributed by atoms with E-state index in [0.29, 0.717) is 18.4 Å². The molecule has 4 rings (SSSR count). The van der Waals surface area contributed by atoms with E-state index in [-0.39, 0.29) is 18.5 Å². The van der Waals surface area contributed by atoms with E-state index in [4.69, 9.17) is 4.74 Å². The lowest BCUT2D eigenvalue weighted by Crippen LogP contribution is -2.58. The van der Waals surface area contributed by atoms with Gasteiger partial charge in [0.1, 0.15) is 11.6 Å². The van der Waals surface area contributed by atoms with Gasteiger partial charge in [0.2, 0.25) is 11.8 Å². The van der Waals surface area contributed by atoms with Crippen molar-refractivity contribution in [2.75, 3.05) is 13.2 Å². The van der Waals surface area contributed by atoms with Crippen LogP contribution in [-0.2, 0) is 19.1 Å². The minimum atomic E-state index is -1.25. The molecule has 1 spiro atoms. The summed E-state index contributed by atoms with van der Waals surface area (Å²) in [6, 6.07) is 7.01. The lowest BCUT2D eigenvalue weighted by atomic mass is 9.66. The maximum atomic E-state index is 14.1. The van der Waals surface area contributed by atoms with Crippen molar-refractivity contribution in [3.63, 3.8) is 0 Å². The molecule has 8 nitrogen and oxygen atoms in total. The third kappa shape index (κ3) is 3.30. The minimum Gasteiger partial charge on any atom is -0.481 e. The molecule has 3 aliphatic rings. The molecule has 2 bridgehead atoms. The molecule has 1 aromatic carbocycles. The van der Waals surface area contributed by atoms with Crippen LogP contribution in [0.15, 0.2) is 43.0 Å². The van der Waals surface area contributed by atoms with Gasteiger partial charge in [-0.25, -0.2) is 0 Å². The Morgan fingerprint density at radius 2 is 1.97 bits per heavy atom. The van der Waals surface area contributed by atoms with Crippen LogP contribution in [0.2, 0.25) is 0 Å². The van der Waals surface area contributed by atoms with Gasteiger partial charge in [-0.15, -0.1) is 6.58 Å². The highest BCUT2D eigenvalue weighted by Crippen LogP contribution is 2.64. The number of hydrogen-bond donors (Lipinski definition) is 2. The van der Waals surface area contributed by atoms with Crippen molar-refractivity contribution >= 4 is 17.8 Å². The monoisotopic (exact) mass is 456 g/mol. The van der Waals surface area contributed by atoms with Crippen LogP contribution in [0.4, 0.5) is 0 Å². The summed E-state index contributed by atoms with van der Waals surface area (Å²) in [5.74, 6) is -3.91. The number of carbonyl (C=O) groups is 3. The molecule has 6 atom stereocenters. The number of aliphatic hydroxyl groups excluding tert-OH is 1.